The van der Waals surface area contributed by atoms with Crippen LogP contribution in [0.5, 0.6) is 0 Å². The number of nitrogens with one attached hydrogen (secondary N) is 2. The molecule has 0 bridgehead atoms. The molecule has 1 aliphatic rings. The van der Waals surface area contributed by atoms with Crippen LogP contribution < -0.4 is 10.6 Å². The Balaban J connectivity index is 1.51. The van der Waals surface area contributed by atoms with Crippen molar-refractivity contribution in [1.82, 2.24) is 9.78 Å². The lowest BCUT2D eigenvalue weighted by molar-refractivity contribution is 0.0601. The second-order valence-electron chi connectivity index (χ2n) is 7.46. The molecule has 2 N–H and O–H groups in total. The van der Waals surface area contributed by atoms with E-state index in [1.54, 1.807) is 11.3 Å². The van der Waals surface area contributed by atoms with Gasteiger partial charge in [-0.05, 0) is 68.6 Å². The molecule has 3 aromatic rings. The molecule has 2 heterocycles. The fourth-order valence-electron chi connectivity index (χ4n) is 3.85. The Labute approximate surface area is 199 Å². The number of hydrogen-bond donors (Lipinski definition) is 2. The van der Waals surface area contributed by atoms with E-state index in [0.29, 0.717) is 17.2 Å². The zero-order chi connectivity index (χ0) is 22.1. The molecule has 9 heteroatoms. The Morgan fingerprint density at radius 3 is 2.71 bits per heavy atom. The van der Waals surface area contributed by atoms with Crippen molar-refractivity contribution in [3.8, 4) is 0 Å². The van der Waals surface area contributed by atoms with Crippen molar-refractivity contribution in [2.45, 2.75) is 39.7 Å². The van der Waals surface area contributed by atoms with Crippen molar-refractivity contribution in [2.24, 2.45) is 0 Å². The molecule has 0 radical (unpaired) electrons. The van der Waals surface area contributed by atoms with E-state index in [1.165, 1.54) is 12.0 Å². The summed E-state index contributed by atoms with van der Waals surface area (Å²) in [5, 5.41) is 12.3. The molecular weight excluding hydrogens is 496 g/mol. The quantitative estimate of drug-likeness (QED) is 0.345. The van der Waals surface area contributed by atoms with Gasteiger partial charge in [0.25, 0.3) is 0 Å². The van der Waals surface area contributed by atoms with E-state index in [2.05, 4.69) is 43.8 Å². The van der Waals surface area contributed by atoms with Gasteiger partial charge < -0.3 is 15.4 Å². The maximum absolute atomic E-state index is 12.4. The number of methoxy groups -OCH3 is 1. The van der Waals surface area contributed by atoms with Gasteiger partial charge in [-0.3, -0.25) is 4.68 Å². The summed E-state index contributed by atoms with van der Waals surface area (Å²) in [5.74, 6) is -0.320. The van der Waals surface area contributed by atoms with Crippen LogP contribution in [0.2, 0.25) is 0 Å². The van der Waals surface area contributed by atoms with Crippen LogP contribution in [-0.4, -0.2) is 28.0 Å². The highest BCUT2D eigenvalue weighted by Gasteiger charge is 2.27. The Bertz CT molecular complexity index is 1150. The smallest absolute Gasteiger partial charge is 0.341 e. The van der Waals surface area contributed by atoms with Crippen molar-refractivity contribution in [3.05, 3.63) is 61.7 Å². The number of hydrogen-bond acceptors (Lipinski definition) is 5. The van der Waals surface area contributed by atoms with Gasteiger partial charge in [0.2, 0.25) is 0 Å². The normalized spacial score (nSPS) is 12.5. The predicted octanol–water partition coefficient (Wildman–Crippen LogP) is 5.46. The van der Waals surface area contributed by atoms with E-state index < -0.39 is 0 Å². The summed E-state index contributed by atoms with van der Waals surface area (Å²) in [4.78, 5) is 13.6. The molecule has 4 rings (SSSR count). The van der Waals surface area contributed by atoms with Crippen molar-refractivity contribution >= 4 is 61.3 Å². The molecule has 2 aromatic heterocycles. The summed E-state index contributed by atoms with van der Waals surface area (Å²) >= 11 is 10.6. The van der Waals surface area contributed by atoms with Crippen molar-refractivity contribution in [2.75, 3.05) is 17.7 Å². The molecule has 0 saturated heterocycles. The average Bonchev–Trinajstić information content (AvgIpc) is 3.39. The Morgan fingerprint density at radius 2 is 2.00 bits per heavy atom. The topological polar surface area (TPSA) is 68.2 Å². The zero-order valence-electron chi connectivity index (χ0n) is 17.5. The maximum Gasteiger partial charge on any atom is 0.341 e. The van der Waals surface area contributed by atoms with Gasteiger partial charge in [-0.1, -0.05) is 28.1 Å². The molecule has 162 valence electrons. The molecule has 6 nitrogen and oxygen atoms in total. The highest BCUT2D eigenvalue weighted by molar-refractivity contribution is 9.10. The van der Waals surface area contributed by atoms with Gasteiger partial charge in [-0.25, -0.2) is 4.79 Å². The van der Waals surface area contributed by atoms with Crippen LogP contribution >= 0.6 is 39.5 Å². The van der Waals surface area contributed by atoms with Crippen molar-refractivity contribution in [1.29, 1.82) is 0 Å². The van der Waals surface area contributed by atoms with Gasteiger partial charge in [0.1, 0.15) is 5.00 Å². The van der Waals surface area contributed by atoms with Gasteiger partial charge in [0, 0.05) is 9.35 Å². The molecule has 0 amide bonds. The van der Waals surface area contributed by atoms with Crippen LogP contribution in [-0.2, 0) is 24.1 Å². The monoisotopic (exact) mass is 518 g/mol. The third kappa shape index (κ3) is 4.53. The van der Waals surface area contributed by atoms with Gasteiger partial charge >= 0.3 is 5.97 Å². The van der Waals surface area contributed by atoms with Crippen LogP contribution in [0, 0.1) is 13.8 Å². The lowest BCUT2D eigenvalue weighted by atomic mass is 10.1. The Morgan fingerprint density at radius 1 is 1.26 bits per heavy atom. The van der Waals surface area contributed by atoms with Crippen LogP contribution in [0.15, 0.2) is 28.7 Å². The number of ether oxygens (including phenoxy) is 1. The Hall–Kier alpha value is -2.23. The summed E-state index contributed by atoms with van der Waals surface area (Å²) in [5.41, 5.74) is 5.60. The second-order valence-corrected chi connectivity index (χ2v) is 9.89. The fraction of sp³-hybridized carbons (Fsp3) is 0.318. The summed E-state index contributed by atoms with van der Waals surface area (Å²) in [6.07, 6.45) is 2.97. The molecule has 31 heavy (non-hydrogen) atoms. The standard InChI is InChI=1S/C22H23BrN4O2S2/c1-12-19(13(2)27(26-12)11-14-7-9-15(23)10-8-14)24-22(30)25-20-18(21(28)29-3)16-5-4-6-17(16)31-20/h7-10H,4-6,11H2,1-3H3,(H2,24,25,30). The number of aromatic nitrogens is 2. The van der Waals surface area contributed by atoms with E-state index >= 15 is 0 Å². The van der Waals surface area contributed by atoms with Gasteiger partial charge in [0.15, 0.2) is 5.11 Å². The van der Waals surface area contributed by atoms with Crippen LogP contribution in [0.25, 0.3) is 0 Å². The van der Waals surface area contributed by atoms with E-state index in [4.69, 9.17) is 17.0 Å². The summed E-state index contributed by atoms with van der Waals surface area (Å²) < 4.78 is 8.03. The molecule has 0 unspecified atom stereocenters. The number of carbonyl (C=O) groups excluding carboxylic acids is 1. The highest BCUT2D eigenvalue weighted by atomic mass is 79.9. The first-order chi connectivity index (χ1) is 14.9. The van der Waals surface area contributed by atoms with E-state index in [9.17, 15) is 4.79 Å². The third-order valence-corrected chi connectivity index (χ3v) is 7.34. The number of thiophene rings is 1. The molecule has 1 aromatic carbocycles. The third-order valence-electron chi connectivity index (χ3n) is 5.40. The number of aryl methyl sites for hydroxylation is 2. The lowest BCUT2D eigenvalue weighted by Crippen LogP contribution is -2.21. The average molecular weight is 519 g/mol. The largest absolute Gasteiger partial charge is 0.465 e. The molecule has 0 fully saturated rings. The lowest BCUT2D eigenvalue weighted by Gasteiger charge is -2.12. The van der Waals surface area contributed by atoms with Crippen molar-refractivity contribution < 1.29 is 9.53 Å². The van der Waals surface area contributed by atoms with Gasteiger partial charge in [-0.15, -0.1) is 11.3 Å². The second kappa shape index (κ2) is 9.10. The molecule has 0 atom stereocenters. The molecular formula is C22H23BrN4O2S2. The van der Waals surface area contributed by atoms with Gasteiger partial charge in [-0.2, -0.15) is 5.10 Å². The first-order valence-corrected chi connectivity index (χ1v) is 12.0. The van der Waals surface area contributed by atoms with E-state index in [0.717, 1.165) is 56.9 Å². The van der Waals surface area contributed by atoms with Gasteiger partial charge in [0.05, 0.1) is 36.3 Å². The summed E-state index contributed by atoms with van der Waals surface area (Å²) in [6, 6.07) is 8.20. The highest BCUT2D eigenvalue weighted by Crippen LogP contribution is 2.39. The number of esters is 1. The maximum atomic E-state index is 12.4. The number of nitrogens with zero attached hydrogens (tertiary/aromatic N) is 2. The summed E-state index contributed by atoms with van der Waals surface area (Å²) in [6.45, 7) is 4.64. The number of fused-ring (bicyclic) bond motifs is 1. The zero-order valence-corrected chi connectivity index (χ0v) is 20.8. The first kappa shape index (κ1) is 22.0. The minimum atomic E-state index is -0.320. The van der Waals surface area contributed by atoms with E-state index in [-0.39, 0.29) is 5.97 Å². The SMILES string of the molecule is COC(=O)c1c(NC(=S)Nc2c(C)nn(Cc3ccc(Br)cc3)c2C)sc2c1CCC2. The number of rotatable bonds is 5. The van der Waals surface area contributed by atoms with Crippen LogP contribution in [0.4, 0.5) is 10.7 Å². The van der Waals surface area contributed by atoms with Crippen LogP contribution in [0.3, 0.4) is 0 Å². The minimum absolute atomic E-state index is 0.320. The number of carbonyl (C=O) groups is 1. The molecule has 0 saturated carbocycles. The molecule has 0 aliphatic heterocycles. The number of benzene rings is 1. The minimum Gasteiger partial charge on any atom is -0.465 e. The number of anilines is 2. The Kier molecular flexibility index (Phi) is 6.45. The molecule has 1 aliphatic carbocycles. The fourth-order valence-corrected chi connectivity index (χ4v) is 5.67. The van der Waals surface area contributed by atoms with Crippen molar-refractivity contribution in [3.63, 3.8) is 0 Å². The molecule has 0 spiro atoms. The number of halogens is 1. The summed E-state index contributed by atoms with van der Waals surface area (Å²) in [7, 11) is 1.41. The van der Waals surface area contributed by atoms with E-state index in [1.807, 2.05) is 30.7 Å². The van der Waals surface area contributed by atoms with Crippen LogP contribution in [0.1, 0.15) is 44.2 Å². The first-order valence-electron chi connectivity index (χ1n) is 9.96. The number of thiocarbonyl (C=S) groups is 1. The predicted molar refractivity (Wildman–Crippen MR) is 132 cm³/mol.